The van der Waals surface area contributed by atoms with Gasteiger partial charge in [-0.3, -0.25) is 0 Å². The zero-order chi connectivity index (χ0) is 10.4. The van der Waals surface area contributed by atoms with Crippen molar-refractivity contribution in [3.63, 3.8) is 0 Å². The lowest BCUT2D eigenvalue weighted by atomic mass is 10.2. The highest BCUT2D eigenvalue weighted by molar-refractivity contribution is 7.99. The van der Waals surface area contributed by atoms with Crippen LogP contribution in [0.15, 0.2) is 29.2 Å². The molecular formula is C10H11ClO2S. The molecule has 1 aromatic carbocycles. The van der Waals surface area contributed by atoms with Crippen molar-refractivity contribution in [2.24, 2.45) is 0 Å². The molecule has 0 atom stereocenters. The van der Waals surface area contributed by atoms with Gasteiger partial charge >= 0.3 is 5.43 Å². The van der Waals surface area contributed by atoms with Crippen LogP contribution in [0.3, 0.4) is 0 Å². The molecule has 0 aliphatic heterocycles. The summed E-state index contributed by atoms with van der Waals surface area (Å²) in [6, 6.07) is 8.19. The van der Waals surface area contributed by atoms with Crippen molar-refractivity contribution < 1.29 is 9.53 Å². The van der Waals surface area contributed by atoms with Crippen LogP contribution in [-0.4, -0.2) is 17.8 Å². The molecular weight excluding hydrogens is 220 g/mol. The molecule has 14 heavy (non-hydrogen) atoms. The average Bonchev–Trinajstić information content (AvgIpc) is 2.15. The van der Waals surface area contributed by atoms with E-state index in [2.05, 4.69) is 16.9 Å². The van der Waals surface area contributed by atoms with Crippen LogP contribution in [0, 0.1) is 6.92 Å². The molecule has 0 aliphatic carbocycles. The number of carbonyl (C=O) groups is 1. The molecule has 4 heteroatoms. The van der Waals surface area contributed by atoms with E-state index in [0.29, 0.717) is 6.61 Å². The summed E-state index contributed by atoms with van der Waals surface area (Å²) >= 11 is 6.65. The highest BCUT2D eigenvalue weighted by Gasteiger charge is 1.96. The Bertz CT molecular complexity index is 297. The Morgan fingerprint density at radius 1 is 1.43 bits per heavy atom. The molecule has 0 N–H and O–H groups in total. The Kier molecular flexibility index (Phi) is 4.84. The molecule has 0 saturated heterocycles. The van der Waals surface area contributed by atoms with Crippen molar-refractivity contribution in [3.8, 4) is 0 Å². The lowest BCUT2D eigenvalue weighted by Crippen LogP contribution is -1.98. The monoisotopic (exact) mass is 230 g/mol. The van der Waals surface area contributed by atoms with Gasteiger partial charge in [0.15, 0.2) is 0 Å². The van der Waals surface area contributed by atoms with Crippen LogP contribution >= 0.6 is 23.4 Å². The second-order valence-electron chi connectivity index (χ2n) is 2.75. The topological polar surface area (TPSA) is 26.3 Å². The van der Waals surface area contributed by atoms with Crippen LogP contribution in [0.25, 0.3) is 0 Å². The lowest BCUT2D eigenvalue weighted by Gasteiger charge is -2.01. The average molecular weight is 231 g/mol. The molecule has 0 saturated carbocycles. The molecule has 1 rings (SSSR count). The Morgan fingerprint density at radius 3 is 2.64 bits per heavy atom. The van der Waals surface area contributed by atoms with E-state index in [1.54, 1.807) is 11.8 Å². The van der Waals surface area contributed by atoms with Gasteiger partial charge in [-0.15, -0.1) is 11.8 Å². The minimum absolute atomic E-state index is 0.348. The summed E-state index contributed by atoms with van der Waals surface area (Å²) in [5.74, 6) is 0.724. The molecule has 76 valence electrons. The zero-order valence-electron chi connectivity index (χ0n) is 7.83. The summed E-state index contributed by atoms with van der Waals surface area (Å²) in [4.78, 5) is 11.4. The van der Waals surface area contributed by atoms with Crippen molar-refractivity contribution in [3.05, 3.63) is 29.8 Å². The van der Waals surface area contributed by atoms with E-state index >= 15 is 0 Å². The van der Waals surface area contributed by atoms with Gasteiger partial charge in [0, 0.05) is 22.2 Å². The fraction of sp³-hybridized carbons (Fsp3) is 0.300. The summed E-state index contributed by atoms with van der Waals surface area (Å²) in [5.41, 5.74) is 0.496. The summed E-state index contributed by atoms with van der Waals surface area (Å²) in [7, 11) is 0. The van der Waals surface area contributed by atoms with Gasteiger partial charge in [-0.05, 0) is 19.1 Å². The molecule has 2 nitrogen and oxygen atoms in total. The smallest absolute Gasteiger partial charge is 0.403 e. The Hall–Kier alpha value is -0.670. The first-order valence-electron chi connectivity index (χ1n) is 4.20. The first kappa shape index (κ1) is 11.4. The normalized spacial score (nSPS) is 9.86. The minimum Gasteiger partial charge on any atom is -0.453 e. The first-order chi connectivity index (χ1) is 6.68. The van der Waals surface area contributed by atoms with Crippen LogP contribution in [0.4, 0.5) is 4.79 Å². The lowest BCUT2D eigenvalue weighted by molar-refractivity contribution is 0.181. The molecule has 0 radical (unpaired) electrons. The van der Waals surface area contributed by atoms with Gasteiger partial charge in [-0.1, -0.05) is 17.7 Å². The number of hydrogen-bond acceptors (Lipinski definition) is 3. The largest absolute Gasteiger partial charge is 0.453 e. The fourth-order valence-corrected chi connectivity index (χ4v) is 1.72. The molecule has 0 unspecified atom stereocenters. The Labute approximate surface area is 92.6 Å². The maximum absolute atomic E-state index is 10.2. The molecule has 0 amide bonds. The van der Waals surface area contributed by atoms with Crippen molar-refractivity contribution in [2.75, 3.05) is 12.4 Å². The number of hydrogen-bond donors (Lipinski definition) is 0. The van der Waals surface area contributed by atoms with Gasteiger partial charge in [0.2, 0.25) is 0 Å². The SMILES string of the molecule is Cc1ccc(SCCOC(=O)Cl)cc1. The van der Waals surface area contributed by atoms with Gasteiger partial charge in [0.1, 0.15) is 6.61 Å². The molecule has 0 aliphatic rings. The number of halogens is 1. The molecule has 0 heterocycles. The van der Waals surface area contributed by atoms with Crippen LogP contribution in [0.2, 0.25) is 0 Å². The van der Waals surface area contributed by atoms with Gasteiger partial charge in [0.05, 0.1) is 0 Å². The number of rotatable bonds is 4. The zero-order valence-corrected chi connectivity index (χ0v) is 9.40. The summed E-state index contributed by atoms with van der Waals surface area (Å²) < 4.78 is 4.59. The van der Waals surface area contributed by atoms with Crippen LogP contribution in [0.1, 0.15) is 5.56 Å². The second kappa shape index (κ2) is 5.94. The van der Waals surface area contributed by atoms with Gasteiger partial charge in [-0.25, -0.2) is 4.79 Å². The number of ether oxygens (including phenoxy) is 1. The van der Waals surface area contributed by atoms with Crippen molar-refractivity contribution >= 4 is 28.8 Å². The van der Waals surface area contributed by atoms with E-state index in [0.717, 1.165) is 5.75 Å². The predicted octanol–water partition coefficient (Wildman–Crippen LogP) is 3.46. The van der Waals surface area contributed by atoms with E-state index in [1.807, 2.05) is 19.1 Å². The third kappa shape index (κ3) is 4.53. The molecule has 0 fully saturated rings. The van der Waals surface area contributed by atoms with Crippen molar-refractivity contribution in [1.29, 1.82) is 0 Å². The molecule has 0 bridgehead atoms. The fourth-order valence-electron chi connectivity index (χ4n) is 0.916. The Morgan fingerprint density at radius 2 is 2.07 bits per heavy atom. The quantitative estimate of drug-likeness (QED) is 0.450. The van der Waals surface area contributed by atoms with E-state index in [1.165, 1.54) is 10.5 Å². The van der Waals surface area contributed by atoms with Crippen LogP contribution in [-0.2, 0) is 4.74 Å². The van der Waals surface area contributed by atoms with E-state index in [-0.39, 0.29) is 0 Å². The summed E-state index contributed by atoms with van der Waals surface area (Å²) in [6.45, 7) is 2.39. The molecule has 0 aromatic heterocycles. The first-order valence-corrected chi connectivity index (χ1v) is 5.56. The number of aryl methyl sites for hydroxylation is 1. The number of benzene rings is 1. The highest BCUT2D eigenvalue weighted by atomic mass is 35.5. The molecule has 0 spiro atoms. The third-order valence-corrected chi connectivity index (χ3v) is 2.67. The maximum Gasteiger partial charge on any atom is 0.403 e. The summed E-state index contributed by atoms with van der Waals surface area (Å²) in [5, 5.41) is 0. The predicted molar refractivity (Wildman–Crippen MR) is 59.1 cm³/mol. The highest BCUT2D eigenvalue weighted by Crippen LogP contribution is 2.17. The second-order valence-corrected chi connectivity index (χ2v) is 4.22. The summed E-state index contributed by atoms with van der Waals surface area (Å²) in [6.07, 6.45) is 0. The third-order valence-electron chi connectivity index (χ3n) is 1.59. The number of carbonyl (C=O) groups excluding carboxylic acids is 1. The van der Waals surface area contributed by atoms with Gasteiger partial charge in [0.25, 0.3) is 0 Å². The Balaban J connectivity index is 2.25. The van der Waals surface area contributed by atoms with E-state index in [9.17, 15) is 4.79 Å². The van der Waals surface area contributed by atoms with Crippen molar-refractivity contribution in [1.82, 2.24) is 0 Å². The standard InChI is InChI=1S/C10H11ClO2S/c1-8-2-4-9(5-3-8)14-7-6-13-10(11)12/h2-5H,6-7H2,1H3. The minimum atomic E-state index is -0.741. The van der Waals surface area contributed by atoms with E-state index < -0.39 is 5.43 Å². The van der Waals surface area contributed by atoms with Crippen LogP contribution < -0.4 is 0 Å². The van der Waals surface area contributed by atoms with Crippen molar-refractivity contribution in [2.45, 2.75) is 11.8 Å². The van der Waals surface area contributed by atoms with Gasteiger partial charge in [-0.2, -0.15) is 0 Å². The van der Waals surface area contributed by atoms with Crippen LogP contribution in [0.5, 0.6) is 0 Å². The maximum atomic E-state index is 10.2. The van der Waals surface area contributed by atoms with E-state index in [4.69, 9.17) is 11.6 Å². The van der Waals surface area contributed by atoms with Gasteiger partial charge < -0.3 is 4.74 Å². The number of thioether (sulfide) groups is 1. The molecule has 1 aromatic rings.